The summed E-state index contributed by atoms with van der Waals surface area (Å²) in [5.41, 5.74) is 4.37. The number of fused-ring (bicyclic) bond motifs is 2. The lowest BCUT2D eigenvalue weighted by Gasteiger charge is -2.27. The van der Waals surface area contributed by atoms with Crippen molar-refractivity contribution in [2.45, 2.75) is 19.5 Å². The maximum absolute atomic E-state index is 5.98. The standard InChI is InChI=1S/C20H18ClN5OS/c1-27-19-17(26-8-9-28-20(26)24-19)12-25-7-6-16-14(11-25)10-22-18(23-16)13-2-4-15(21)5-3-13/h2-5,8-10H,6-7,11-12H2,1H3. The third-order valence-electron chi connectivity index (χ3n) is 5.01. The maximum Gasteiger partial charge on any atom is 0.237 e. The average molecular weight is 412 g/mol. The van der Waals surface area contributed by atoms with E-state index in [2.05, 4.69) is 19.3 Å². The lowest BCUT2D eigenvalue weighted by molar-refractivity contribution is 0.235. The van der Waals surface area contributed by atoms with Crippen molar-refractivity contribution in [1.29, 1.82) is 0 Å². The number of ether oxygens (including phenoxy) is 1. The molecular formula is C20H18ClN5OS. The number of aromatic nitrogens is 4. The normalized spacial score (nSPS) is 14.4. The first-order valence-electron chi connectivity index (χ1n) is 9.03. The molecule has 6 nitrogen and oxygen atoms in total. The van der Waals surface area contributed by atoms with Gasteiger partial charge in [-0.1, -0.05) is 11.6 Å². The Kier molecular flexibility index (Phi) is 4.50. The van der Waals surface area contributed by atoms with E-state index >= 15 is 0 Å². The van der Waals surface area contributed by atoms with Gasteiger partial charge >= 0.3 is 0 Å². The number of thiazole rings is 1. The van der Waals surface area contributed by atoms with Crippen molar-refractivity contribution in [2.24, 2.45) is 0 Å². The highest BCUT2D eigenvalue weighted by molar-refractivity contribution is 7.15. The van der Waals surface area contributed by atoms with Crippen molar-refractivity contribution in [3.05, 3.63) is 64.0 Å². The minimum Gasteiger partial charge on any atom is -0.480 e. The number of imidazole rings is 1. The van der Waals surface area contributed by atoms with E-state index in [1.165, 1.54) is 5.56 Å². The fourth-order valence-corrected chi connectivity index (χ4v) is 4.43. The van der Waals surface area contributed by atoms with E-state index in [4.69, 9.17) is 21.3 Å². The molecule has 142 valence electrons. The molecule has 0 spiro atoms. The van der Waals surface area contributed by atoms with E-state index in [1.807, 2.05) is 42.0 Å². The molecule has 0 radical (unpaired) electrons. The summed E-state index contributed by atoms with van der Waals surface area (Å²) >= 11 is 7.59. The molecule has 0 N–H and O–H groups in total. The van der Waals surface area contributed by atoms with E-state index in [1.54, 1.807) is 18.4 Å². The second kappa shape index (κ2) is 7.16. The van der Waals surface area contributed by atoms with Crippen LogP contribution in [0.2, 0.25) is 5.02 Å². The fraction of sp³-hybridized carbons (Fsp3) is 0.250. The molecule has 0 bridgehead atoms. The third kappa shape index (κ3) is 3.15. The molecule has 0 saturated heterocycles. The van der Waals surface area contributed by atoms with Gasteiger partial charge in [-0.3, -0.25) is 9.30 Å². The third-order valence-corrected chi connectivity index (χ3v) is 6.02. The lowest BCUT2D eigenvalue weighted by Crippen LogP contribution is -2.31. The van der Waals surface area contributed by atoms with Crippen molar-refractivity contribution < 1.29 is 4.74 Å². The van der Waals surface area contributed by atoms with Gasteiger partial charge in [-0.25, -0.2) is 9.97 Å². The Bertz CT molecular complexity index is 1140. The first-order valence-corrected chi connectivity index (χ1v) is 10.3. The lowest BCUT2D eigenvalue weighted by atomic mass is 10.1. The summed E-state index contributed by atoms with van der Waals surface area (Å²) in [6, 6.07) is 7.64. The number of halogens is 1. The minimum absolute atomic E-state index is 0.701. The van der Waals surface area contributed by atoms with Gasteiger partial charge in [0.1, 0.15) is 5.69 Å². The van der Waals surface area contributed by atoms with E-state index in [-0.39, 0.29) is 0 Å². The highest BCUT2D eigenvalue weighted by Crippen LogP contribution is 2.27. The molecule has 0 unspecified atom stereocenters. The Morgan fingerprint density at radius 2 is 2.07 bits per heavy atom. The van der Waals surface area contributed by atoms with Crippen LogP contribution in [0.4, 0.5) is 0 Å². The molecule has 5 rings (SSSR count). The summed E-state index contributed by atoms with van der Waals surface area (Å²) in [6.45, 7) is 2.53. The molecule has 4 heterocycles. The first kappa shape index (κ1) is 17.6. The summed E-state index contributed by atoms with van der Waals surface area (Å²) in [5, 5.41) is 2.76. The Morgan fingerprint density at radius 1 is 1.21 bits per heavy atom. The van der Waals surface area contributed by atoms with Gasteiger partial charge in [-0.05, 0) is 24.3 Å². The Hall–Kier alpha value is -2.48. The van der Waals surface area contributed by atoms with Gasteiger partial charge in [0.15, 0.2) is 10.8 Å². The second-order valence-corrected chi connectivity index (χ2v) is 8.07. The van der Waals surface area contributed by atoms with Gasteiger partial charge in [-0.15, -0.1) is 11.3 Å². The minimum atomic E-state index is 0.701. The van der Waals surface area contributed by atoms with E-state index < -0.39 is 0 Å². The van der Waals surface area contributed by atoms with Crippen LogP contribution in [-0.2, 0) is 19.5 Å². The molecule has 0 amide bonds. The molecule has 4 aromatic rings. The summed E-state index contributed by atoms with van der Waals surface area (Å²) < 4.78 is 7.60. The monoisotopic (exact) mass is 411 g/mol. The van der Waals surface area contributed by atoms with Crippen LogP contribution in [-0.4, -0.2) is 37.9 Å². The van der Waals surface area contributed by atoms with Crippen LogP contribution >= 0.6 is 22.9 Å². The van der Waals surface area contributed by atoms with Gasteiger partial charge in [0, 0.05) is 60.0 Å². The Morgan fingerprint density at radius 3 is 2.89 bits per heavy atom. The van der Waals surface area contributed by atoms with Crippen molar-refractivity contribution in [1.82, 2.24) is 24.3 Å². The average Bonchev–Trinajstić information content (AvgIpc) is 3.30. The molecule has 0 atom stereocenters. The van der Waals surface area contributed by atoms with Crippen LogP contribution < -0.4 is 4.74 Å². The molecule has 0 saturated carbocycles. The van der Waals surface area contributed by atoms with E-state index in [9.17, 15) is 0 Å². The van der Waals surface area contributed by atoms with Gasteiger partial charge < -0.3 is 4.74 Å². The SMILES string of the molecule is COc1nc2sccn2c1CN1CCc2nc(-c3ccc(Cl)cc3)ncc2C1. The molecule has 0 fully saturated rings. The fourth-order valence-electron chi connectivity index (χ4n) is 3.58. The van der Waals surface area contributed by atoms with Crippen LogP contribution in [0.3, 0.4) is 0 Å². The summed E-state index contributed by atoms with van der Waals surface area (Å²) in [4.78, 5) is 17.3. The molecule has 0 aliphatic carbocycles. The van der Waals surface area contributed by atoms with Crippen LogP contribution in [0.1, 0.15) is 17.0 Å². The zero-order chi connectivity index (χ0) is 19.1. The van der Waals surface area contributed by atoms with E-state index in [0.717, 1.165) is 53.8 Å². The number of nitrogens with zero attached hydrogens (tertiary/aromatic N) is 5. The summed E-state index contributed by atoms with van der Waals surface area (Å²) in [7, 11) is 1.67. The first-order chi connectivity index (χ1) is 13.7. The van der Waals surface area contributed by atoms with Gasteiger partial charge in [0.2, 0.25) is 5.88 Å². The molecule has 8 heteroatoms. The Balaban J connectivity index is 1.38. The van der Waals surface area contributed by atoms with Crippen molar-refractivity contribution in [2.75, 3.05) is 13.7 Å². The molecule has 1 aliphatic heterocycles. The quantitative estimate of drug-likeness (QED) is 0.506. The molecule has 28 heavy (non-hydrogen) atoms. The Labute approximate surface area is 171 Å². The van der Waals surface area contributed by atoms with Gasteiger partial charge in [0.05, 0.1) is 12.8 Å². The zero-order valence-corrected chi connectivity index (χ0v) is 16.9. The van der Waals surface area contributed by atoms with Crippen molar-refractivity contribution >= 4 is 27.9 Å². The molecule has 1 aliphatic rings. The predicted octanol–water partition coefficient (Wildman–Crippen LogP) is 4.07. The van der Waals surface area contributed by atoms with Crippen LogP contribution in [0.25, 0.3) is 16.3 Å². The molecule has 1 aromatic carbocycles. The van der Waals surface area contributed by atoms with Gasteiger partial charge in [0.25, 0.3) is 0 Å². The number of hydrogen-bond donors (Lipinski definition) is 0. The zero-order valence-electron chi connectivity index (χ0n) is 15.3. The number of methoxy groups -OCH3 is 1. The van der Waals surface area contributed by atoms with Crippen LogP contribution in [0.15, 0.2) is 42.0 Å². The predicted molar refractivity (Wildman–Crippen MR) is 110 cm³/mol. The topological polar surface area (TPSA) is 55.6 Å². The largest absolute Gasteiger partial charge is 0.480 e. The molecule has 3 aromatic heterocycles. The number of hydrogen-bond acceptors (Lipinski definition) is 6. The van der Waals surface area contributed by atoms with Crippen molar-refractivity contribution in [3.63, 3.8) is 0 Å². The van der Waals surface area contributed by atoms with Crippen LogP contribution in [0, 0.1) is 0 Å². The van der Waals surface area contributed by atoms with Gasteiger partial charge in [-0.2, -0.15) is 4.98 Å². The maximum atomic E-state index is 5.98. The smallest absolute Gasteiger partial charge is 0.237 e. The summed E-state index contributed by atoms with van der Waals surface area (Å²) in [5.74, 6) is 1.45. The summed E-state index contributed by atoms with van der Waals surface area (Å²) in [6.07, 6.45) is 4.89. The highest BCUT2D eigenvalue weighted by atomic mass is 35.5. The van der Waals surface area contributed by atoms with Crippen LogP contribution in [0.5, 0.6) is 5.88 Å². The van der Waals surface area contributed by atoms with Crippen molar-refractivity contribution in [3.8, 4) is 17.3 Å². The van der Waals surface area contributed by atoms with E-state index in [0.29, 0.717) is 10.9 Å². The number of rotatable bonds is 4. The second-order valence-electron chi connectivity index (χ2n) is 6.76. The number of benzene rings is 1. The highest BCUT2D eigenvalue weighted by Gasteiger charge is 2.22. The molecular weight excluding hydrogens is 394 g/mol.